The van der Waals surface area contributed by atoms with Gasteiger partial charge in [0.1, 0.15) is 11.2 Å². The zero-order chi connectivity index (χ0) is 58.4. The lowest BCUT2D eigenvalue weighted by Crippen LogP contribution is -2.51. The third-order valence-electron chi connectivity index (χ3n) is 14.5. The molecule has 2 saturated carbocycles. The Hall–Kier alpha value is -8.02. The van der Waals surface area contributed by atoms with E-state index < -0.39 is 34.5 Å². The summed E-state index contributed by atoms with van der Waals surface area (Å²) in [7, 11) is 0. The van der Waals surface area contributed by atoms with E-state index in [2.05, 4.69) is 78.9 Å². The van der Waals surface area contributed by atoms with Crippen LogP contribution in [0.3, 0.4) is 0 Å². The molecule has 2 fully saturated rings. The molecule has 3 heterocycles. The summed E-state index contributed by atoms with van der Waals surface area (Å²) in [5, 5.41) is 20.8. The molecule has 7 N–H and O–H groups in total. The number of hydrogen-bond donors (Lipinski definition) is 7. The quantitative estimate of drug-likeness (QED) is 0.0607. The predicted octanol–water partition coefficient (Wildman–Crippen LogP) is 15.4. The van der Waals surface area contributed by atoms with Crippen LogP contribution in [0.25, 0.3) is 27.7 Å². The standard InChI is InChI=1S/C32H36ClN5O3.C31H35ClN6O3.2CH4/c1-31(2,3)41-30(40)36-22-14-11-21(12-15-22)28(39)38-32(4)17-7-9-23(18-32)35-29-34-19-26(33)27(37-29)25-16-13-20-8-5-6-10-24(20)25;1-30(2,3)41-29(40)36-20-13-11-19(12-14-20)27(39)38-31(4)15-7-8-21(16-31)35-28-34-18-24(32)26(37-28)23-17-33-25-10-6-5-9-22(23)25;;/h5-6,8,10-12,14-16,19,23H,7,9,13,17-18H2,1-4H3,(H,36,40)(H,38,39)(H,34,35,37);5-6,9-14,17-18,21,33H,7-8,15-16H2,1-4H3,(H,36,40)(H,38,39)(H,34,35,37);2*1H4. The molecule has 0 spiro atoms. The van der Waals surface area contributed by atoms with Crippen LogP contribution < -0.4 is 31.9 Å². The van der Waals surface area contributed by atoms with E-state index in [0.717, 1.165) is 84.7 Å². The van der Waals surface area contributed by atoms with Gasteiger partial charge in [-0.1, -0.05) is 86.6 Å². The Kier molecular flexibility index (Phi) is 20.2. The van der Waals surface area contributed by atoms with Crippen molar-refractivity contribution in [3.8, 4) is 11.3 Å². The van der Waals surface area contributed by atoms with Crippen molar-refractivity contribution in [1.29, 1.82) is 0 Å². The first-order valence-corrected chi connectivity index (χ1v) is 28.5. The van der Waals surface area contributed by atoms with Crippen molar-refractivity contribution in [2.24, 2.45) is 0 Å². The summed E-state index contributed by atoms with van der Waals surface area (Å²) in [5.41, 5.74) is 6.93. The maximum absolute atomic E-state index is 13.1. The minimum Gasteiger partial charge on any atom is -0.444 e. The highest BCUT2D eigenvalue weighted by atomic mass is 35.5. The number of para-hydroxylation sites is 1. The third kappa shape index (κ3) is 16.6. The molecule has 4 atom stereocenters. The average molecular weight is 1180 g/mol. The molecule has 3 aliphatic rings. The number of benzene rings is 4. The van der Waals surface area contributed by atoms with Gasteiger partial charge in [-0.15, -0.1) is 0 Å². The molecule has 84 heavy (non-hydrogen) atoms. The number of aromatic nitrogens is 5. The van der Waals surface area contributed by atoms with Crippen molar-refractivity contribution < 1.29 is 28.7 Å². The Morgan fingerprint density at radius 2 is 1.07 bits per heavy atom. The van der Waals surface area contributed by atoms with Crippen molar-refractivity contribution in [3.63, 3.8) is 0 Å². The monoisotopic (exact) mass is 1180 g/mol. The number of rotatable bonds is 12. The molecule has 7 aromatic rings. The molecule has 0 aliphatic heterocycles. The summed E-state index contributed by atoms with van der Waals surface area (Å²) in [5.74, 6) is 0.710. The Labute approximate surface area is 503 Å². The molecule has 3 aromatic heterocycles. The van der Waals surface area contributed by atoms with Gasteiger partial charge in [-0.05, 0) is 179 Å². The van der Waals surface area contributed by atoms with Crippen LogP contribution in [0.5, 0.6) is 0 Å². The minimum absolute atomic E-state index is 0. The van der Waals surface area contributed by atoms with Crippen LogP contribution in [-0.2, 0) is 15.9 Å². The van der Waals surface area contributed by atoms with Crippen LogP contribution in [0.2, 0.25) is 10.0 Å². The van der Waals surface area contributed by atoms with Crippen molar-refractivity contribution in [3.05, 3.63) is 160 Å². The fourth-order valence-electron chi connectivity index (χ4n) is 10.8. The third-order valence-corrected chi connectivity index (χ3v) is 15.0. The largest absolute Gasteiger partial charge is 0.444 e. The Bertz CT molecular complexity index is 3500. The molecule has 3 aliphatic carbocycles. The van der Waals surface area contributed by atoms with Gasteiger partial charge in [-0.3, -0.25) is 20.2 Å². The lowest BCUT2D eigenvalue weighted by Gasteiger charge is -2.39. The second-order valence-electron chi connectivity index (χ2n) is 23.8. The van der Waals surface area contributed by atoms with Gasteiger partial charge >= 0.3 is 12.2 Å². The minimum atomic E-state index is -0.592. The topological polar surface area (TPSA) is 226 Å². The summed E-state index contributed by atoms with van der Waals surface area (Å²) in [6, 6.07) is 30.0. The fraction of sp³-hybridized carbons (Fsp3) is 0.385. The first-order valence-electron chi connectivity index (χ1n) is 27.7. The summed E-state index contributed by atoms with van der Waals surface area (Å²) in [6.07, 6.45) is 14.1. The second-order valence-corrected chi connectivity index (χ2v) is 24.6. The van der Waals surface area contributed by atoms with E-state index >= 15 is 0 Å². The number of ether oxygens (including phenoxy) is 2. The number of nitrogens with zero attached hydrogens (tertiary/aromatic N) is 4. The number of halogens is 2. The Morgan fingerprint density at radius 1 is 0.607 bits per heavy atom. The van der Waals surface area contributed by atoms with Gasteiger partial charge in [0.05, 0.1) is 33.8 Å². The number of aromatic amines is 1. The van der Waals surface area contributed by atoms with E-state index in [1.165, 1.54) is 5.56 Å². The van der Waals surface area contributed by atoms with Crippen molar-refractivity contribution in [2.75, 3.05) is 21.3 Å². The number of anilines is 4. The van der Waals surface area contributed by atoms with Crippen LogP contribution in [0.15, 0.2) is 122 Å². The molecule has 0 radical (unpaired) electrons. The van der Waals surface area contributed by atoms with Gasteiger partial charge < -0.3 is 35.7 Å². The van der Waals surface area contributed by atoms with E-state index in [4.69, 9.17) is 42.6 Å². The maximum atomic E-state index is 13.1. The normalized spacial score (nSPS) is 19.0. The number of H-pyrrole nitrogens is 1. The second kappa shape index (κ2) is 26.7. The van der Waals surface area contributed by atoms with Crippen LogP contribution in [0, 0.1) is 0 Å². The lowest BCUT2D eigenvalue weighted by molar-refractivity contribution is 0.0624. The molecule has 0 saturated heterocycles. The van der Waals surface area contributed by atoms with E-state index in [1.54, 1.807) is 102 Å². The van der Waals surface area contributed by atoms with E-state index in [0.29, 0.717) is 56.6 Å². The first kappa shape index (κ1) is 63.6. The molecule has 4 amide bonds. The summed E-state index contributed by atoms with van der Waals surface area (Å²) < 4.78 is 10.6. The number of hydrogen-bond acceptors (Lipinski definition) is 12. The molecular weight excluding hydrogens is 1100 g/mol. The number of carbonyl (C=O) groups is 4. The number of fused-ring (bicyclic) bond motifs is 2. The molecule has 10 rings (SSSR count). The van der Waals surface area contributed by atoms with Crippen LogP contribution in [-0.4, -0.2) is 83.3 Å². The first-order chi connectivity index (χ1) is 39.0. The van der Waals surface area contributed by atoms with Crippen LogP contribution in [0.1, 0.15) is 159 Å². The van der Waals surface area contributed by atoms with Crippen LogP contribution in [0.4, 0.5) is 32.9 Å². The zero-order valence-corrected chi connectivity index (χ0v) is 49.1. The summed E-state index contributed by atoms with van der Waals surface area (Å²) in [4.78, 5) is 72.1. The fourth-order valence-corrected chi connectivity index (χ4v) is 11.2. The predicted molar refractivity (Wildman–Crippen MR) is 338 cm³/mol. The van der Waals surface area contributed by atoms with E-state index in [-0.39, 0.29) is 38.8 Å². The Morgan fingerprint density at radius 3 is 1.58 bits per heavy atom. The highest BCUT2D eigenvalue weighted by Crippen LogP contribution is 2.37. The van der Waals surface area contributed by atoms with Crippen LogP contribution >= 0.6 is 23.2 Å². The van der Waals surface area contributed by atoms with Gasteiger partial charge in [-0.2, -0.15) is 0 Å². The SMILES string of the molecule is C.C.CC1(NC(=O)c2ccc(NC(=O)OC(C)(C)C)cc2)CCCC(Nc2ncc(Cl)c(-c3c[nH]c4ccccc34)n2)C1.CC1(NC(=O)c2ccc(NC(=O)OC(C)(C)C)cc2)CCCC(Nc2ncc(Cl)c(C3=CCc4ccccc43)n2)C1. The summed E-state index contributed by atoms with van der Waals surface area (Å²) >= 11 is 13.0. The van der Waals surface area contributed by atoms with Gasteiger partial charge in [0.25, 0.3) is 11.8 Å². The zero-order valence-electron chi connectivity index (χ0n) is 47.6. The molecular formula is C65H79Cl2N11O6. The highest BCUT2D eigenvalue weighted by molar-refractivity contribution is 6.33. The van der Waals surface area contributed by atoms with E-state index in [9.17, 15) is 19.2 Å². The molecule has 4 unspecified atom stereocenters. The lowest BCUT2D eigenvalue weighted by atomic mass is 9.80. The molecule has 19 heteroatoms. The number of amides is 4. The summed E-state index contributed by atoms with van der Waals surface area (Å²) in [6.45, 7) is 15.0. The molecule has 4 aromatic carbocycles. The maximum Gasteiger partial charge on any atom is 0.412 e. The number of carbonyl (C=O) groups excluding carboxylic acids is 4. The molecule has 444 valence electrons. The van der Waals surface area contributed by atoms with Crippen molar-refractivity contribution >= 4 is 87.0 Å². The van der Waals surface area contributed by atoms with Gasteiger partial charge in [0.15, 0.2) is 0 Å². The highest BCUT2D eigenvalue weighted by Gasteiger charge is 2.36. The van der Waals surface area contributed by atoms with Gasteiger partial charge in [0.2, 0.25) is 11.9 Å². The number of nitrogens with one attached hydrogen (secondary N) is 7. The van der Waals surface area contributed by atoms with Crippen molar-refractivity contribution in [2.45, 2.75) is 162 Å². The average Bonchev–Trinajstić information content (AvgIpc) is 4.11. The van der Waals surface area contributed by atoms with Crippen molar-refractivity contribution in [1.82, 2.24) is 35.6 Å². The number of allylic oxidation sites excluding steroid dienone is 1. The van der Waals surface area contributed by atoms with Gasteiger partial charge in [0, 0.05) is 73.9 Å². The molecule has 17 nitrogen and oxygen atoms in total. The Balaban J connectivity index is 0.000000235. The smallest absolute Gasteiger partial charge is 0.412 e. The van der Waals surface area contributed by atoms with E-state index in [1.807, 2.05) is 42.6 Å². The van der Waals surface area contributed by atoms with Gasteiger partial charge in [-0.25, -0.2) is 29.5 Å². The molecule has 0 bridgehead atoms.